The van der Waals surface area contributed by atoms with E-state index < -0.39 is 0 Å². The van der Waals surface area contributed by atoms with Gasteiger partial charge in [0.1, 0.15) is 0 Å². The van der Waals surface area contributed by atoms with Gasteiger partial charge in [0, 0.05) is 17.3 Å². The highest BCUT2D eigenvalue weighted by Gasteiger charge is 2.25. The number of halogens is 1. The van der Waals surface area contributed by atoms with Crippen molar-refractivity contribution in [2.75, 3.05) is 26.2 Å². The molecule has 0 radical (unpaired) electrons. The predicted octanol–water partition coefficient (Wildman–Crippen LogP) is 2.22. The number of nitrogens with zero attached hydrogens (tertiary/aromatic N) is 2. The predicted molar refractivity (Wildman–Crippen MR) is 96.0 cm³/mol. The molecule has 1 aliphatic heterocycles. The number of amides is 2. The van der Waals surface area contributed by atoms with Crippen molar-refractivity contribution in [3.63, 3.8) is 0 Å². The van der Waals surface area contributed by atoms with Gasteiger partial charge >= 0.3 is 0 Å². The van der Waals surface area contributed by atoms with Gasteiger partial charge in [0.25, 0.3) is 0 Å². The summed E-state index contributed by atoms with van der Waals surface area (Å²) in [5, 5.41) is 0. The number of likely N-dealkylation sites (tertiary alicyclic amines) is 1. The van der Waals surface area contributed by atoms with Gasteiger partial charge in [0.15, 0.2) is 0 Å². The van der Waals surface area contributed by atoms with Gasteiger partial charge in [-0.25, -0.2) is 0 Å². The van der Waals surface area contributed by atoms with E-state index >= 15 is 0 Å². The molecule has 2 N–H and O–H groups in total. The fourth-order valence-electron chi connectivity index (χ4n) is 2.70. The highest BCUT2D eigenvalue weighted by atomic mass is 79.9. The molecule has 1 aromatic heterocycles. The highest BCUT2D eigenvalue weighted by Crippen LogP contribution is 2.23. The van der Waals surface area contributed by atoms with Gasteiger partial charge in [-0.05, 0) is 54.0 Å². The number of piperidine rings is 1. The maximum atomic E-state index is 12.6. The third kappa shape index (κ3) is 5.44. The first-order valence-electron chi connectivity index (χ1n) is 7.64. The Morgan fingerprint density at radius 1 is 1.43 bits per heavy atom. The molecule has 2 rings (SSSR count). The zero-order valence-electron chi connectivity index (χ0n) is 13.0. The molecule has 1 aliphatic rings. The van der Waals surface area contributed by atoms with Crippen molar-refractivity contribution < 1.29 is 9.59 Å². The second-order valence-corrected chi connectivity index (χ2v) is 8.27. The first-order valence-corrected chi connectivity index (χ1v) is 9.25. The van der Waals surface area contributed by atoms with E-state index in [2.05, 4.69) is 27.4 Å². The summed E-state index contributed by atoms with van der Waals surface area (Å²) in [4.78, 5) is 28.8. The van der Waals surface area contributed by atoms with Crippen LogP contribution in [0.3, 0.4) is 0 Å². The Kier molecular flexibility index (Phi) is 6.80. The molecular weight excluding hydrogens is 378 g/mol. The normalized spacial score (nSPS) is 16.2. The molecule has 1 saturated heterocycles. The van der Waals surface area contributed by atoms with Crippen molar-refractivity contribution in [3.8, 4) is 0 Å². The van der Waals surface area contributed by atoms with Gasteiger partial charge in [0.05, 0.1) is 16.9 Å². The third-order valence-corrected chi connectivity index (χ3v) is 5.63. The minimum Gasteiger partial charge on any atom is -0.369 e. The molecule has 0 bridgehead atoms. The summed E-state index contributed by atoms with van der Waals surface area (Å²) >= 11 is 5.08. The Bertz CT molecular complexity index is 567. The van der Waals surface area contributed by atoms with Crippen LogP contribution in [0, 0.1) is 5.92 Å². The summed E-state index contributed by atoms with van der Waals surface area (Å²) in [5.74, 6) is -0.187. The van der Waals surface area contributed by atoms with Crippen molar-refractivity contribution >= 4 is 39.1 Å². The largest absolute Gasteiger partial charge is 0.369 e. The van der Waals surface area contributed by atoms with E-state index in [4.69, 9.17) is 5.73 Å². The summed E-state index contributed by atoms with van der Waals surface area (Å²) in [5.41, 5.74) is 5.34. The van der Waals surface area contributed by atoms with Crippen LogP contribution in [0.1, 0.15) is 17.7 Å². The van der Waals surface area contributed by atoms with E-state index in [-0.39, 0.29) is 17.7 Å². The molecule has 7 heteroatoms. The molecule has 5 nitrogen and oxygen atoms in total. The molecule has 2 heterocycles. The van der Waals surface area contributed by atoms with E-state index in [1.165, 1.54) is 0 Å². The lowest BCUT2D eigenvalue weighted by Crippen LogP contribution is -2.44. The van der Waals surface area contributed by atoms with Crippen LogP contribution in [-0.2, 0) is 16.1 Å². The summed E-state index contributed by atoms with van der Waals surface area (Å²) in [7, 11) is 0. The van der Waals surface area contributed by atoms with Gasteiger partial charge in [-0.1, -0.05) is 6.08 Å². The Morgan fingerprint density at radius 3 is 2.65 bits per heavy atom. The van der Waals surface area contributed by atoms with Crippen LogP contribution in [0.5, 0.6) is 0 Å². The molecule has 0 atom stereocenters. The van der Waals surface area contributed by atoms with Gasteiger partial charge in [-0.15, -0.1) is 17.9 Å². The Hall–Kier alpha value is -1.18. The zero-order chi connectivity index (χ0) is 16.8. The van der Waals surface area contributed by atoms with Gasteiger partial charge in [-0.3, -0.25) is 14.5 Å². The molecule has 23 heavy (non-hydrogen) atoms. The number of thiophene rings is 1. The monoisotopic (exact) mass is 399 g/mol. The van der Waals surface area contributed by atoms with E-state index in [0.29, 0.717) is 19.6 Å². The Labute approximate surface area is 149 Å². The van der Waals surface area contributed by atoms with Gasteiger partial charge < -0.3 is 10.6 Å². The number of primary amides is 1. The summed E-state index contributed by atoms with van der Waals surface area (Å²) < 4.78 is 1.06. The van der Waals surface area contributed by atoms with Crippen molar-refractivity contribution in [2.24, 2.45) is 11.7 Å². The topological polar surface area (TPSA) is 66.6 Å². The molecule has 0 aromatic carbocycles. The standard InChI is InChI=1S/C16H22BrN3O2S/c1-2-7-20(10-13-3-4-14(17)23-13)15(21)11-19-8-5-12(6-9-19)16(18)22/h2-4,12H,1,5-11H2,(H2,18,22). The lowest BCUT2D eigenvalue weighted by atomic mass is 9.96. The Morgan fingerprint density at radius 2 is 2.13 bits per heavy atom. The van der Waals surface area contributed by atoms with E-state index in [9.17, 15) is 9.59 Å². The van der Waals surface area contributed by atoms with E-state index in [0.717, 1.165) is 34.6 Å². The molecule has 1 fully saturated rings. The minimum absolute atomic E-state index is 0.0471. The van der Waals surface area contributed by atoms with Crippen molar-refractivity contribution in [3.05, 3.63) is 33.5 Å². The molecular formula is C16H22BrN3O2S. The molecule has 0 saturated carbocycles. The molecule has 1 aromatic rings. The molecule has 0 spiro atoms. The van der Waals surface area contributed by atoms with Crippen molar-refractivity contribution in [1.82, 2.24) is 9.80 Å². The van der Waals surface area contributed by atoms with Crippen LogP contribution in [0.25, 0.3) is 0 Å². The average molecular weight is 400 g/mol. The third-order valence-electron chi connectivity index (χ3n) is 4.03. The van der Waals surface area contributed by atoms with Crippen LogP contribution < -0.4 is 5.73 Å². The Balaban J connectivity index is 1.88. The zero-order valence-corrected chi connectivity index (χ0v) is 15.4. The fourth-order valence-corrected chi connectivity index (χ4v) is 4.20. The van der Waals surface area contributed by atoms with Crippen LogP contribution in [0.2, 0.25) is 0 Å². The quantitative estimate of drug-likeness (QED) is 0.714. The number of rotatable bonds is 7. The van der Waals surface area contributed by atoms with Crippen LogP contribution in [0.15, 0.2) is 28.6 Å². The summed E-state index contributed by atoms with van der Waals surface area (Å²) in [6.07, 6.45) is 3.23. The van der Waals surface area contributed by atoms with Crippen molar-refractivity contribution in [1.29, 1.82) is 0 Å². The smallest absolute Gasteiger partial charge is 0.237 e. The van der Waals surface area contributed by atoms with E-state index in [1.54, 1.807) is 17.4 Å². The summed E-state index contributed by atoms with van der Waals surface area (Å²) in [6.45, 7) is 6.74. The van der Waals surface area contributed by atoms with Gasteiger partial charge in [0.2, 0.25) is 11.8 Å². The van der Waals surface area contributed by atoms with E-state index in [1.807, 2.05) is 17.0 Å². The first-order chi connectivity index (χ1) is 11.0. The number of carbonyl (C=O) groups is 2. The molecule has 2 amide bonds. The van der Waals surface area contributed by atoms with Crippen LogP contribution in [0.4, 0.5) is 0 Å². The minimum atomic E-state index is -0.229. The second kappa shape index (κ2) is 8.61. The second-order valence-electron chi connectivity index (χ2n) is 5.72. The number of hydrogen-bond donors (Lipinski definition) is 1. The van der Waals surface area contributed by atoms with Crippen LogP contribution >= 0.6 is 27.3 Å². The SMILES string of the molecule is C=CCN(Cc1ccc(Br)s1)C(=O)CN1CCC(C(N)=O)CC1. The average Bonchev–Trinajstić information content (AvgIpc) is 2.92. The number of hydrogen-bond acceptors (Lipinski definition) is 4. The first kappa shape index (κ1) is 18.2. The molecule has 0 aliphatic carbocycles. The lowest BCUT2D eigenvalue weighted by Gasteiger charge is -2.31. The fraction of sp³-hybridized carbons (Fsp3) is 0.500. The number of carbonyl (C=O) groups excluding carboxylic acids is 2. The van der Waals surface area contributed by atoms with Crippen molar-refractivity contribution in [2.45, 2.75) is 19.4 Å². The maximum absolute atomic E-state index is 12.6. The molecule has 0 unspecified atom stereocenters. The van der Waals surface area contributed by atoms with Gasteiger partial charge in [-0.2, -0.15) is 0 Å². The summed E-state index contributed by atoms with van der Waals surface area (Å²) in [6, 6.07) is 4.02. The highest BCUT2D eigenvalue weighted by molar-refractivity contribution is 9.11. The maximum Gasteiger partial charge on any atom is 0.237 e. The molecule has 126 valence electrons. The van der Waals surface area contributed by atoms with Crippen LogP contribution in [-0.4, -0.2) is 47.8 Å². The number of nitrogens with two attached hydrogens (primary N) is 1. The lowest BCUT2D eigenvalue weighted by molar-refractivity contribution is -0.133.